The van der Waals surface area contributed by atoms with Crippen molar-refractivity contribution in [3.05, 3.63) is 24.0 Å². The summed E-state index contributed by atoms with van der Waals surface area (Å²) in [4.78, 5) is 31.2. The first-order valence-corrected chi connectivity index (χ1v) is 7.98. The van der Waals surface area contributed by atoms with Crippen molar-refractivity contribution in [3.8, 4) is 0 Å². The third kappa shape index (κ3) is 3.29. The molecular weight excluding hydrogens is 296 g/mol. The van der Waals surface area contributed by atoms with Crippen LogP contribution >= 0.6 is 0 Å². The highest BCUT2D eigenvalue weighted by Crippen LogP contribution is 2.32. The molecule has 3 rings (SSSR count). The molecule has 0 radical (unpaired) electrons. The Morgan fingerprint density at radius 1 is 1.22 bits per heavy atom. The zero-order chi connectivity index (χ0) is 16.4. The van der Waals surface area contributed by atoms with E-state index in [1.165, 1.54) is 0 Å². The van der Waals surface area contributed by atoms with Gasteiger partial charge in [0.1, 0.15) is 5.69 Å². The number of aliphatic carboxylic acids is 1. The van der Waals surface area contributed by atoms with E-state index in [9.17, 15) is 9.59 Å². The predicted octanol–water partition coefficient (Wildman–Crippen LogP) is 0.426. The Morgan fingerprint density at radius 2 is 1.91 bits per heavy atom. The predicted molar refractivity (Wildman–Crippen MR) is 85.6 cm³/mol. The summed E-state index contributed by atoms with van der Waals surface area (Å²) in [6.07, 6.45) is 3.29. The van der Waals surface area contributed by atoms with Gasteiger partial charge in [-0.2, -0.15) is 0 Å². The van der Waals surface area contributed by atoms with Crippen molar-refractivity contribution in [3.63, 3.8) is 0 Å². The third-order valence-corrected chi connectivity index (χ3v) is 4.87. The molecule has 0 atom stereocenters. The summed E-state index contributed by atoms with van der Waals surface area (Å²) < 4.78 is 0. The third-order valence-electron chi connectivity index (χ3n) is 4.87. The molecule has 2 fully saturated rings. The molecule has 1 saturated heterocycles. The lowest BCUT2D eigenvalue weighted by Crippen LogP contribution is -2.55. The minimum atomic E-state index is -0.665. The SMILES string of the molecule is CNC(=O)c1ccc(N2CCN(C3CC(C(=O)O)C3)CC2)cn1. The largest absolute Gasteiger partial charge is 0.481 e. The molecule has 1 aromatic heterocycles. The molecule has 0 spiro atoms. The molecule has 0 bridgehead atoms. The molecule has 124 valence electrons. The topological polar surface area (TPSA) is 85.8 Å². The summed E-state index contributed by atoms with van der Waals surface area (Å²) >= 11 is 0. The molecule has 1 saturated carbocycles. The van der Waals surface area contributed by atoms with Crippen molar-refractivity contribution in [2.24, 2.45) is 5.92 Å². The van der Waals surface area contributed by atoms with Gasteiger partial charge in [0, 0.05) is 39.3 Å². The Morgan fingerprint density at radius 3 is 2.43 bits per heavy atom. The van der Waals surface area contributed by atoms with E-state index in [1.807, 2.05) is 6.07 Å². The maximum absolute atomic E-state index is 11.5. The van der Waals surface area contributed by atoms with Crippen LogP contribution in [0.3, 0.4) is 0 Å². The molecule has 2 N–H and O–H groups in total. The highest BCUT2D eigenvalue weighted by atomic mass is 16.4. The summed E-state index contributed by atoms with van der Waals surface area (Å²) in [5, 5.41) is 11.5. The number of pyridine rings is 1. The van der Waals surface area contributed by atoms with E-state index in [4.69, 9.17) is 5.11 Å². The van der Waals surface area contributed by atoms with E-state index < -0.39 is 5.97 Å². The fourth-order valence-electron chi connectivity index (χ4n) is 3.27. The molecule has 0 unspecified atom stereocenters. The van der Waals surface area contributed by atoms with Crippen LogP contribution in [0.1, 0.15) is 23.3 Å². The fourth-order valence-corrected chi connectivity index (χ4v) is 3.27. The van der Waals surface area contributed by atoms with Crippen LogP contribution in [0.4, 0.5) is 5.69 Å². The van der Waals surface area contributed by atoms with Crippen LogP contribution in [0.5, 0.6) is 0 Å². The standard InChI is InChI=1S/C16H22N4O3/c1-17-15(21)14-3-2-12(10-18-14)19-4-6-20(7-5-19)13-8-11(9-13)16(22)23/h2-3,10-11,13H,4-9H2,1H3,(H,17,21)(H,22,23). The zero-order valence-electron chi connectivity index (χ0n) is 13.2. The highest BCUT2D eigenvalue weighted by molar-refractivity contribution is 5.92. The molecule has 7 heteroatoms. The van der Waals surface area contributed by atoms with Gasteiger partial charge in [-0.15, -0.1) is 0 Å². The molecule has 2 heterocycles. The number of anilines is 1. The molecule has 7 nitrogen and oxygen atoms in total. The lowest BCUT2D eigenvalue weighted by molar-refractivity contribution is -0.147. The quantitative estimate of drug-likeness (QED) is 0.837. The van der Waals surface area contributed by atoms with Crippen LogP contribution in [0.2, 0.25) is 0 Å². The van der Waals surface area contributed by atoms with Gasteiger partial charge in [0.2, 0.25) is 0 Å². The maximum Gasteiger partial charge on any atom is 0.306 e. The summed E-state index contributed by atoms with van der Waals surface area (Å²) in [5.41, 5.74) is 1.44. The summed E-state index contributed by atoms with van der Waals surface area (Å²) in [6.45, 7) is 3.67. The Kier molecular flexibility index (Phi) is 4.47. The van der Waals surface area contributed by atoms with Gasteiger partial charge in [0.05, 0.1) is 17.8 Å². The first kappa shape index (κ1) is 15.7. The molecule has 23 heavy (non-hydrogen) atoms. The van der Waals surface area contributed by atoms with Crippen molar-refractivity contribution >= 4 is 17.6 Å². The highest BCUT2D eigenvalue weighted by Gasteiger charge is 2.38. The zero-order valence-corrected chi connectivity index (χ0v) is 13.2. The van der Waals surface area contributed by atoms with Crippen molar-refractivity contribution < 1.29 is 14.7 Å². The second-order valence-electron chi connectivity index (χ2n) is 6.16. The van der Waals surface area contributed by atoms with Crippen LogP contribution in [0.25, 0.3) is 0 Å². The number of hydrogen-bond donors (Lipinski definition) is 2. The Labute approximate surface area is 135 Å². The van der Waals surface area contributed by atoms with Crippen molar-refractivity contribution in [2.75, 3.05) is 38.1 Å². The number of carboxylic acid groups (broad SMARTS) is 1. The van der Waals surface area contributed by atoms with Gasteiger partial charge < -0.3 is 15.3 Å². The van der Waals surface area contributed by atoms with Gasteiger partial charge in [0.25, 0.3) is 5.91 Å². The smallest absolute Gasteiger partial charge is 0.306 e. The van der Waals surface area contributed by atoms with Gasteiger partial charge in [-0.25, -0.2) is 4.98 Å². The second kappa shape index (κ2) is 6.54. The molecule has 1 amide bonds. The molecular formula is C16H22N4O3. The first-order valence-electron chi connectivity index (χ1n) is 7.98. The van der Waals surface area contributed by atoms with E-state index in [0.717, 1.165) is 44.7 Å². The molecule has 0 aromatic carbocycles. The maximum atomic E-state index is 11.5. The number of nitrogens with one attached hydrogen (secondary N) is 1. The number of carbonyl (C=O) groups excluding carboxylic acids is 1. The number of carboxylic acids is 1. The average Bonchev–Trinajstić information content (AvgIpc) is 2.53. The first-order chi connectivity index (χ1) is 11.1. The monoisotopic (exact) mass is 318 g/mol. The summed E-state index contributed by atoms with van der Waals surface area (Å²) in [7, 11) is 1.59. The van der Waals surface area contributed by atoms with E-state index in [-0.39, 0.29) is 11.8 Å². The normalized spacial score (nSPS) is 24.8. The Balaban J connectivity index is 1.51. The van der Waals surface area contributed by atoms with Gasteiger partial charge in [0.15, 0.2) is 0 Å². The average molecular weight is 318 g/mol. The minimum Gasteiger partial charge on any atom is -0.481 e. The van der Waals surface area contributed by atoms with Crippen molar-refractivity contribution in [1.29, 1.82) is 0 Å². The Bertz CT molecular complexity index is 575. The minimum absolute atomic E-state index is 0.153. The molecule has 1 aliphatic carbocycles. The lowest BCUT2D eigenvalue weighted by atomic mass is 9.79. The summed E-state index contributed by atoms with van der Waals surface area (Å²) in [6, 6.07) is 4.09. The number of aromatic nitrogens is 1. The Hall–Kier alpha value is -2.15. The van der Waals surface area contributed by atoms with Gasteiger partial charge in [-0.1, -0.05) is 0 Å². The fraction of sp³-hybridized carbons (Fsp3) is 0.562. The number of piperazine rings is 1. The van der Waals surface area contributed by atoms with Gasteiger partial charge in [-0.05, 0) is 25.0 Å². The van der Waals surface area contributed by atoms with Crippen LogP contribution in [-0.2, 0) is 4.79 Å². The van der Waals surface area contributed by atoms with Crippen molar-refractivity contribution in [1.82, 2.24) is 15.2 Å². The lowest BCUT2D eigenvalue weighted by Gasteiger charge is -2.45. The number of hydrogen-bond acceptors (Lipinski definition) is 5. The van der Waals surface area contributed by atoms with E-state index >= 15 is 0 Å². The molecule has 1 aromatic rings. The van der Waals surface area contributed by atoms with Gasteiger partial charge >= 0.3 is 5.97 Å². The second-order valence-corrected chi connectivity index (χ2v) is 6.16. The number of carbonyl (C=O) groups is 2. The summed E-state index contributed by atoms with van der Waals surface area (Å²) in [5.74, 6) is -0.999. The van der Waals surface area contributed by atoms with Crippen LogP contribution in [0, 0.1) is 5.92 Å². The number of amides is 1. The number of rotatable bonds is 4. The van der Waals surface area contributed by atoms with Crippen molar-refractivity contribution in [2.45, 2.75) is 18.9 Å². The van der Waals surface area contributed by atoms with E-state index in [2.05, 4.69) is 20.1 Å². The van der Waals surface area contributed by atoms with Crippen LogP contribution < -0.4 is 10.2 Å². The van der Waals surface area contributed by atoms with Crippen LogP contribution in [-0.4, -0.2) is 66.1 Å². The number of nitrogens with zero attached hydrogens (tertiary/aromatic N) is 3. The van der Waals surface area contributed by atoms with E-state index in [1.54, 1.807) is 19.3 Å². The van der Waals surface area contributed by atoms with E-state index in [0.29, 0.717) is 11.7 Å². The molecule has 1 aliphatic heterocycles. The van der Waals surface area contributed by atoms with Gasteiger partial charge in [-0.3, -0.25) is 14.5 Å². The molecule has 2 aliphatic rings. The van der Waals surface area contributed by atoms with Crippen LogP contribution in [0.15, 0.2) is 18.3 Å².